The van der Waals surface area contributed by atoms with Crippen LogP contribution in [0.4, 0.5) is 0 Å². The van der Waals surface area contributed by atoms with Gasteiger partial charge in [0.1, 0.15) is 11.3 Å². The summed E-state index contributed by atoms with van der Waals surface area (Å²) in [5, 5.41) is 9.99. The van der Waals surface area contributed by atoms with Gasteiger partial charge in [0.25, 0.3) is 5.91 Å². The van der Waals surface area contributed by atoms with Crippen molar-refractivity contribution < 1.29 is 14.7 Å². The number of Topliss-reactive ketones (excluding diaryl/α,β-unsaturated/α-hetero) is 1. The topological polar surface area (TPSA) is 57.6 Å². The van der Waals surface area contributed by atoms with Crippen molar-refractivity contribution in [3.8, 4) is 0 Å². The Hall–Kier alpha value is -1.32. The Morgan fingerprint density at radius 2 is 1.52 bits per heavy atom. The van der Waals surface area contributed by atoms with Gasteiger partial charge in [-0.1, -0.05) is 84.5 Å². The molecule has 4 nitrogen and oxygen atoms in total. The third-order valence-electron chi connectivity index (χ3n) is 5.95. The van der Waals surface area contributed by atoms with Crippen LogP contribution < -0.4 is 0 Å². The molecule has 2 atom stereocenters. The van der Waals surface area contributed by atoms with Gasteiger partial charge in [0.2, 0.25) is 0 Å². The highest BCUT2D eigenvalue weighted by molar-refractivity contribution is 6.21. The minimum absolute atomic E-state index is 0.0122. The molecule has 156 valence electrons. The van der Waals surface area contributed by atoms with Gasteiger partial charge in [-0.15, -0.1) is 0 Å². The third-order valence-corrected chi connectivity index (χ3v) is 5.95. The van der Waals surface area contributed by atoms with E-state index in [0.29, 0.717) is 6.42 Å². The summed E-state index contributed by atoms with van der Waals surface area (Å²) >= 11 is 0. The number of hydrogen-bond donors (Lipinski definition) is 1. The van der Waals surface area contributed by atoms with Crippen molar-refractivity contribution in [2.24, 2.45) is 5.92 Å². The summed E-state index contributed by atoms with van der Waals surface area (Å²) < 4.78 is 0. The number of likely N-dealkylation sites (N-methyl/N-ethyl adjacent to an activating group) is 1. The average molecular weight is 380 g/mol. The first kappa shape index (κ1) is 23.7. The quantitative estimate of drug-likeness (QED) is 0.282. The molecule has 1 rings (SSSR count). The molecule has 27 heavy (non-hydrogen) atoms. The second kappa shape index (κ2) is 13.0. The van der Waals surface area contributed by atoms with E-state index >= 15 is 0 Å². The number of aliphatic hydroxyl groups excluding tert-OH is 1. The molecule has 0 aromatic heterocycles. The molecule has 2 unspecified atom stereocenters. The van der Waals surface area contributed by atoms with E-state index < -0.39 is 0 Å². The fourth-order valence-corrected chi connectivity index (χ4v) is 3.78. The van der Waals surface area contributed by atoms with E-state index in [1.165, 1.54) is 62.7 Å². The molecule has 0 saturated carbocycles. The highest BCUT2D eigenvalue weighted by atomic mass is 16.3. The Bertz CT molecular complexity index is 498. The number of hydrogen-bond acceptors (Lipinski definition) is 3. The van der Waals surface area contributed by atoms with Crippen LogP contribution in [0.2, 0.25) is 0 Å². The Labute approximate surface area is 166 Å². The Balaban J connectivity index is 2.02. The van der Waals surface area contributed by atoms with Crippen LogP contribution in [0.3, 0.4) is 0 Å². The molecule has 1 aliphatic heterocycles. The summed E-state index contributed by atoms with van der Waals surface area (Å²) in [5.74, 6) is 0.281. The number of amides is 1. The first-order chi connectivity index (χ1) is 12.9. The van der Waals surface area contributed by atoms with Crippen molar-refractivity contribution in [1.29, 1.82) is 0 Å². The zero-order valence-corrected chi connectivity index (χ0v) is 18.1. The summed E-state index contributed by atoms with van der Waals surface area (Å²) in [6, 6.07) is -0.383. The lowest BCUT2D eigenvalue weighted by molar-refractivity contribution is -0.128. The van der Waals surface area contributed by atoms with Gasteiger partial charge in [0.15, 0.2) is 5.78 Å². The van der Waals surface area contributed by atoms with E-state index in [0.717, 1.165) is 25.2 Å². The fraction of sp³-hybridized carbons (Fsp3) is 0.826. The van der Waals surface area contributed by atoms with Crippen molar-refractivity contribution >= 4 is 11.7 Å². The molecule has 1 N–H and O–H groups in total. The molecule has 0 aliphatic carbocycles. The number of nitrogens with zero attached hydrogens (tertiary/aromatic N) is 1. The Morgan fingerprint density at radius 1 is 1.00 bits per heavy atom. The van der Waals surface area contributed by atoms with Gasteiger partial charge >= 0.3 is 0 Å². The van der Waals surface area contributed by atoms with Crippen LogP contribution in [-0.2, 0) is 9.59 Å². The van der Waals surface area contributed by atoms with Gasteiger partial charge in [-0.2, -0.15) is 0 Å². The molecule has 0 saturated heterocycles. The summed E-state index contributed by atoms with van der Waals surface area (Å²) in [5.41, 5.74) is 0.0122. The van der Waals surface area contributed by atoms with Gasteiger partial charge in [0.05, 0.1) is 6.04 Å². The van der Waals surface area contributed by atoms with Crippen LogP contribution in [0, 0.1) is 5.92 Å². The largest absolute Gasteiger partial charge is 0.509 e. The number of carbonyl (C=O) groups excluding carboxylic acids is 2. The molecule has 0 aromatic carbocycles. The standard InChI is InChI=1S/C23H41NO3/c1-5-6-15-18(2)16-13-11-9-7-8-10-12-14-17-20(25)21-22(26)19(3)24(4)23(21)27/h18-19,26H,5-17H2,1-4H3. The second-order valence-corrected chi connectivity index (χ2v) is 8.39. The van der Waals surface area contributed by atoms with Gasteiger partial charge in [-0.25, -0.2) is 0 Å². The molecule has 0 bridgehead atoms. The van der Waals surface area contributed by atoms with Gasteiger partial charge in [-0.3, -0.25) is 9.59 Å². The van der Waals surface area contributed by atoms with Crippen LogP contribution in [-0.4, -0.2) is 34.8 Å². The smallest absolute Gasteiger partial charge is 0.261 e. The van der Waals surface area contributed by atoms with E-state index in [4.69, 9.17) is 0 Å². The van der Waals surface area contributed by atoms with Crippen LogP contribution in [0.25, 0.3) is 0 Å². The third kappa shape index (κ3) is 8.06. The van der Waals surface area contributed by atoms with Crippen LogP contribution in [0.1, 0.15) is 104 Å². The fourth-order valence-electron chi connectivity index (χ4n) is 3.78. The molecule has 0 spiro atoms. The highest BCUT2D eigenvalue weighted by Crippen LogP contribution is 2.24. The molecule has 1 heterocycles. The molecule has 0 fully saturated rings. The maximum absolute atomic E-state index is 12.2. The number of aliphatic hydroxyl groups is 1. The number of carbonyl (C=O) groups is 2. The predicted molar refractivity (Wildman–Crippen MR) is 112 cm³/mol. The normalized spacial score (nSPS) is 18.4. The molecular weight excluding hydrogens is 338 g/mol. The predicted octanol–water partition coefficient (Wildman–Crippen LogP) is 5.96. The highest BCUT2D eigenvalue weighted by Gasteiger charge is 2.37. The second-order valence-electron chi connectivity index (χ2n) is 8.39. The molecule has 1 aliphatic rings. The van der Waals surface area contributed by atoms with E-state index in [1.54, 1.807) is 14.0 Å². The summed E-state index contributed by atoms with van der Waals surface area (Å²) in [7, 11) is 1.62. The van der Waals surface area contributed by atoms with Crippen molar-refractivity contribution in [3.63, 3.8) is 0 Å². The monoisotopic (exact) mass is 379 g/mol. The Morgan fingerprint density at radius 3 is 2.04 bits per heavy atom. The minimum Gasteiger partial charge on any atom is -0.509 e. The summed E-state index contributed by atoms with van der Waals surface area (Å²) in [6.07, 6.45) is 15.3. The van der Waals surface area contributed by atoms with Crippen molar-refractivity contribution in [2.75, 3.05) is 7.05 Å². The van der Waals surface area contributed by atoms with E-state index in [9.17, 15) is 14.7 Å². The average Bonchev–Trinajstić information content (AvgIpc) is 2.84. The maximum atomic E-state index is 12.2. The van der Waals surface area contributed by atoms with Crippen LogP contribution in [0.15, 0.2) is 11.3 Å². The lowest BCUT2D eigenvalue weighted by atomic mass is 9.97. The SMILES string of the molecule is CCCCC(C)CCCCCCCCCCC(=O)C1=C(O)C(C)N(C)C1=O. The summed E-state index contributed by atoms with van der Waals surface area (Å²) in [4.78, 5) is 25.7. The maximum Gasteiger partial charge on any atom is 0.261 e. The van der Waals surface area contributed by atoms with Crippen LogP contribution >= 0.6 is 0 Å². The van der Waals surface area contributed by atoms with Gasteiger partial charge < -0.3 is 10.0 Å². The minimum atomic E-state index is -0.383. The molecule has 1 amide bonds. The van der Waals surface area contributed by atoms with Crippen LogP contribution in [0.5, 0.6) is 0 Å². The summed E-state index contributed by atoms with van der Waals surface area (Å²) in [6.45, 7) is 6.38. The molecule has 0 radical (unpaired) electrons. The van der Waals surface area contributed by atoms with Gasteiger partial charge in [-0.05, 0) is 19.3 Å². The number of unbranched alkanes of at least 4 members (excludes halogenated alkanes) is 8. The van der Waals surface area contributed by atoms with Gasteiger partial charge in [0, 0.05) is 13.5 Å². The Kier molecular flexibility index (Phi) is 11.4. The lowest BCUT2D eigenvalue weighted by Crippen LogP contribution is -2.30. The molecule has 0 aromatic rings. The lowest BCUT2D eigenvalue weighted by Gasteiger charge is -2.14. The zero-order valence-electron chi connectivity index (χ0n) is 18.1. The van der Waals surface area contributed by atoms with E-state index in [2.05, 4.69) is 13.8 Å². The first-order valence-electron chi connectivity index (χ1n) is 11.1. The number of rotatable bonds is 15. The first-order valence-corrected chi connectivity index (χ1v) is 11.1. The van der Waals surface area contributed by atoms with Crippen molar-refractivity contribution in [2.45, 2.75) is 110 Å². The van der Waals surface area contributed by atoms with E-state index in [1.807, 2.05) is 0 Å². The molecule has 4 heteroatoms. The number of ketones is 1. The van der Waals surface area contributed by atoms with Crippen molar-refractivity contribution in [3.05, 3.63) is 11.3 Å². The van der Waals surface area contributed by atoms with E-state index in [-0.39, 0.29) is 29.1 Å². The zero-order chi connectivity index (χ0) is 20.2. The molecular formula is C23H41NO3. The van der Waals surface area contributed by atoms with Crippen molar-refractivity contribution in [1.82, 2.24) is 4.90 Å².